The van der Waals surface area contributed by atoms with Crippen LogP contribution in [0.1, 0.15) is 10.4 Å². The molecular formula is C23H17FN4OS. The molecule has 1 aliphatic heterocycles. The molecule has 1 saturated heterocycles. The average Bonchev–Trinajstić information content (AvgIpc) is 2.72. The first-order valence-corrected chi connectivity index (χ1v) is 10.5. The molecule has 0 spiro atoms. The van der Waals surface area contributed by atoms with Crippen LogP contribution in [0.5, 0.6) is 0 Å². The smallest absolute Gasteiger partial charge is 0.258 e. The van der Waals surface area contributed by atoms with Gasteiger partial charge in [-0.2, -0.15) is 0 Å². The van der Waals surface area contributed by atoms with Crippen LogP contribution in [0.2, 0.25) is 0 Å². The number of halogens is 1. The van der Waals surface area contributed by atoms with Gasteiger partial charge in [-0.05, 0) is 66.5 Å². The number of hydrogen-bond acceptors (Lipinski definition) is 5. The topological polar surface area (TPSA) is 58.1 Å². The fourth-order valence-corrected chi connectivity index (χ4v) is 3.93. The summed E-state index contributed by atoms with van der Waals surface area (Å²) in [5, 5.41) is 2.79. The minimum absolute atomic E-state index is 0.0181. The van der Waals surface area contributed by atoms with E-state index in [4.69, 9.17) is 0 Å². The van der Waals surface area contributed by atoms with E-state index in [9.17, 15) is 9.18 Å². The van der Waals surface area contributed by atoms with Gasteiger partial charge in [0.15, 0.2) is 0 Å². The molecule has 1 fully saturated rings. The van der Waals surface area contributed by atoms with Gasteiger partial charge in [0.05, 0.1) is 22.3 Å². The largest absolute Gasteiger partial charge is 0.322 e. The van der Waals surface area contributed by atoms with Crippen molar-refractivity contribution < 1.29 is 9.18 Å². The molecule has 4 aromatic rings. The molecule has 1 N–H and O–H groups in total. The van der Waals surface area contributed by atoms with Crippen LogP contribution in [0, 0.1) is 5.82 Å². The van der Waals surface area contributed by atoms with Crippen molar-refractivity contribution >= 4 is 40.3 Å². The molecular weight excluding hydrogens is 399 g/mol. The highest BCUT2D eigenvalue weighted by Gasteiger charge is 2.19. The standard InChI is InChI=1S/C23H17FN4OS/c24-19-14-17(28-11-12-30-28)6-7-18(19)23(29)26-16-4-1-3-15(13-16)20-8-9-21-22(27-20)5-2-10-25-21/h1-10,13-14H,11-12H2,(H,26,29). The number of hydrogen-bond donors (Lipinski definition) is 1. The van der Waals surface area contributed by atoms with Gasteiger partial charge in [0.25, 0.3) is 5.91 Å². The van der Waals surface area contributed by atoms with E-state index in [-0.39, 0.29) is 5.56 Å². The van der Waals surface area contributed by atoms with E-state index in [2.05, 4.69) is 15.3 Å². The van der Waals surface area contributed by atoms with Crippen LogP contribution in [0.4, 0.5) is 15.8 Å². The van der Waals surface area contributed by atoms with Crippen LogP contribution >= 0.6 is 11.9 Å². The molecule has 148 valence electrons. The lowest BCUT2D eigenvalue weighted by Gasteiger charge is -2.31. The molecule has 0 saturated carbocycles. The number of rotatable bonds is 4. The third-order valence-corrected chi connectivity index (χ3v) is 5.97. The van der Waals surface area contributed by atoms with Crippen LogP contribution < -0.4 is 9.62 Å². The molecule has 0 radical (unpaired) electrons. The molecule has 0 unspecified atom stereocenters. The van der Waals surface area contributed by atoms with Crippen LogP contribution in [0.3, 0.4) is 0 Å². The maximum atomic E-state index is 14.5. The lowest BCUT2D eigenvalue weighted by molar-refractivity contribution is 0.102. The Bertz CT molecular complexity index is 1260. The molecule has 0 atom stereocenters. The van der Waals surface area contributed by atoms with Gasteiger partial charge in [-0.1, -0.05) is 12.1 Å². The van der Waals surface area contributed by atoms with Gasteiger partial charge in [0.1, 0.15) is 5.82 Å². The highest BCUT2D eigenvalue weighted by molar-refractivity contribution is 8.02. The number of pyridine rings is 2. The molecule has 0 bridgehead atoms. The summed E-state index contributed by atoms with van der Waals surface area (Å²) in [5.41, 5.74) is 4.61. The van der Waals surface area contributed by atoms with E-state index in [0.717, 1.165) is 40.3 Å². The minimum Gasteiger partial charge on any atom is -0.322 e. The lowest BCUT2D eigenvalue weighted by atomic mass is 10.1. The molecule has 7 heteroatoms. The Morgan fingerprint density at radius 2 is 1.93 bits per heavy atom. The number of benzene rings is 2. The number of carbonyl (C=O) groups is 1. The number of anilines is 2. The molecule has 2 aromatic carbocycles. The maximum absolute atomic E-state index is 14.5. The molecule has 0 aliphatic carbocycles. The Hall–Kier alpha value is -3.45. The van der Waals surface area contributed by atoms with Gasteiger partial charge in [-0.3, -0.25) is 9.78 Å². The predicted molar refractivity (Wildman–Crippen MR) is 119 cm³/mol. The third-order valence-electron chi connectivity index (χ3n) is 4.90. The molecule has 3 heterocycles. The second-order valence-electron chi connectivity index (χ2n) is 6.87. The van der Waals surface area contributed by atoms with E-state index in [0.29, 0.717) is 5.69 Å². The summed E-state index contributed by atoms with van der Waals surface area (Å²) in [5.74, 6) is 0.0171. The zero-order valence-electron chi connectivity index (χ0n) is 15.9. The van der Waals surface area contributed by atoms with Gasteiger partial charge in [-0.25, -0.2) is 9.37 Å². The highest BCUT2D eigenvalue weighted by Crippen LogP contribution is 2.31. The van der Waals surface area contributed by atoms with Crippen molar-refractivity contribution in [1.29, 1.82) is 0 Å². The summed E-state index contributed by atoms with van der Waals surface area (Å²) in [6, 6.07) is 19.6. The molecule has 2 aromatic heterocycles. The molecule has 30 heavy (non-hydrogen) atoms. The second kappa shape index (κ2) is 7.76. The number of carbonyl (C=O) groups excluding carboxylic acids is 1. The third kappa shape index (κ3) is 3.59. The Morgan fingerprint density at radius 3 is 2.73 bits per heavy atom. The summed E-state index contributed by atoms with van der Waals surface area (Å²) in [4.78, 5) is 21.5. The zero-order chi connectivity index (χ0) is 20.5. The first-order valence-electron chi connectivity index (χ1n) is 9.51. The van der Waals surface area contributed by atoms with Crippen molar-refractivity contribution in [3.05, 3.63) is 84.3 Å². The minimum atomic E-state index is -0.530. The van der Waals surface area contributed by atoms with Crippen molar-refractivity contribution in [2.24, 2.45) is 0 Å². The fourth-order valence-electron chi connectivity index (χ4n) is 3.30. The summed E-state index contributed by atoms with van der Waals surface area (Å²) in [6.45, 7) is 0.890. The van der Waals surface area contributed by atoms with Gasteiger partial charge in [0.2, 0.25) is 0 Å². The van der Waals surface area contributed by atoms with Gasteiger partial charge in [-0.15, -0.1) is 0 Å². The normalized spacial score (nSPS) is 13.2. The zero-order valence-corrected chi connectivity index (χ0v) is 16.7. The number of nitrogens with zero attached hydrogens (tertiary/aromatic N) is 3. The van der Waals surface area contributed by atoms with Crippen molar-refractivity contribution in [2.45, 2.75) is 0 Å². The van der Waals surface area contributed by atoms with E-state index in [1.165, 1.54) is 12.1 Å². The number of fused-ring (bicyclic) bond motifs is 1. The second-order valence-corrected chi connectivity index (χ2v) is 7.98. The molecule has 1 aliphatic rings. The number of amides is 1. The SMILES string of the molecule is O=C(Nc1cccc(-c2ccc3ncccc3n2)c1)c1ccc(N2CCS2)cc1F. The molecule has 1 amide bonds. The monoisotopic (exact) mass is 416 g/mol. The van der Waals surface area contributed by atoms with Crippen LogP contribution in [0.15, 0.2) is 72.9 Å². The maximum Gasteiger partial charge on any atom is 0.258 e. The van der Waals surface area contributed by atoms with Crippen LogP contribution in [-0.4, -0.2) is 28.2 Å². The Labute approximate surface area is 177 Å². The summed E-state index contributed by atoms with van der Waals surface area (Å²) >= 11 is 1.64. The number of nitrogens with one attached hydrogen (secondary N) is 1. The van der Waals surface area contributed by atoms with E-state index < -0.39 is 11.7 Å². The summed E-state index contributed by atoms with van der Waals surface area (Å²) < 4.78 is 16.5. The van der Waals surface area contributed by atoms with Crippen LogP contribution in [-0.2, 0) is 0 Å². The Balaban J connectivity index is 1.38. The van der Waals surface area contributed by atoms with Crippen molar-refractivity contribution in [2.75, 3.05) is 21.9 Å². The molecule has 5 nitrogen and oxygen atoms in total. The van der Waals surface area contributed by atoms with Crippen molar-refractivity contribution in [3.63, 3.8) is 0 Å². The van der Waals surface area contributed by atoms with Crippen molar-refractivity contribution in [3.8, 4) is 11.3 Å². The Morgan fingerprint density at radius 1 is 1.03 bits per heavy atom. The van der Waals surface area contributed by atoms with E-state index in [1.807, 2.05) is 46.8 Å². The fraction of sp³-hybridized carbons (Fsp3) is 0.0870. The lowest BCUT2D eigenvalue weighted by Crippen LogP contribution is -2.29. The average molecular weight is 416 g/mol. The highest BCUT2D eigenvalue weighted by atomic mass is 32.2. The quantitative estimate of drug-likeness (QED) is 0.466. The summed E-state index contributed by atoms with van der Waals surface area (Å²) in [6.07, 6.45) is 1.73. The summed E-state index contributed by atoms with van der Waals surface area (Å²) in [7, 11) is 0. The first-order chi connectivity index (χ1) is 14.7. The number of aromatic nitrogens is 2. The van der Waals surface area contributed by atoms with E-state index >= 15 is 0 Å². The van der Waals surface area contributed by atoms with E-state index in [1.54, 1.807) is 30.3 Å². The van der Waals surface area contributed by atoms with Gasteiger partial charge < -0.3 is 9.62 Å². The van der Waals surface area contributed by atoms with Gasteiger partial charge in [0, 0.05) is 35.4 Å². The molecule has 5 rings (SSSR count). The van der Waals surface area contributed by atoms with Gasteiger partial charge >= 0.3 is 0 Å². The van der Waals surface area contributed by atoms with Crippen molar-refractivity contribution in [1.82, 2.24) is 9.97 Å². The first kappa shape index (κ1) is 18.6. The predicted octanol–water partition coefficient (Wildman–Crippen LogP) is 5.16. The van der Waals surface area contributed by atoms with Crippen LogP contribution in [0.25, 0.3) is 22.3 Å². The Kier molecular flexibility index (Phi) is 4.80.